The highest BCUT2D eigenvalue weighted by Gasteiger charge is 2.13. The number of rotatable bonds is 5. The zero-order chi connectivity index (χ0) is 19.3. The van der Waals surface area contributed by atoms with Gasteiger partial charge in [0, 0.05) is 16.5 Å². The average Bonchev–Trinajstić information content (AvgIpc) is 3.20. The Labute approximate surface area is 166 Å². The fourth-order valence-corrected chi connectivity index (χ4v) is 3.59. The van der Waals surface area contributed by atoms with Crippen LogP contribution in [0.4, 0.5) is 0 Å². The molecular weight excluding hydrogens is 374 g/mol. The van der Waals surface area contributed by atoms with Crippen LogP contribution in [0.15, 0.2) is 59.0 Å². The SMILES string of the molecule is C/C(=N/NC(=O)Cc1nc(-c2ccccc2)cs1)c1ccc2c(c1)OCCO2. The summed E-state index contributed by atoms with van der Waals surface area (Å²) in [5.41, 5.74) is 6.08. The Morgan fingerprint density at radius 3 is 2.75 bits per heavy atom. The van der Waals surface area contributed by atoms with Crippen molar-refractivity contribution < 1.29 is 14.3 Å². The summed E-state index contributed by atoms with van der Waals surface area (Å²) in [5, 5.41) is 6.92. The van der Waals surface area contributed by atoms with Gasteiger partial charge in [-0.3, -0.25) is 4.79 Å². The van der Waals surface area contributed by atoms with Crippen molar-refractivity contribution in [3.05, 3.63) is 64.5 Å². The van der Waals surface area contributed by atoms with Crippen molar-refractivity contribution in [1.82, 2.24) is 10.4 Å². The van der Waals surface area contributed by atoms with Crippen LogP contribution in [0.5, 0.6) is 11.5 Å². The second-order valence-corrected chi connectivity index (χ2v) is 7.20. The number of hydrogen-bond donors (Lipinski definition) is 1. The molecular formula is C21H19N3O3S. The third-order valence-electron chi connectivity index (χ3n) is 4.24. The largest absolute Gasteiger partial charge is 0.486 e. The normalized spacial score (nSPS) is 13.2. The molecule has 0 unspecified atom stereocenters. The van der Waals surface area contributed by atoms with Gasteiger partial charge >= 0.3 is 0 Å². The molecule has 142 valence electrons. The summed E-state index contributed by atoms with van der Waals surface area (Å²) in [6, 6.07) is 15.5. The second-order valence-electron chi connectivity index (χ2n) is 6.26. The predicted octanol–water partition coefficient (Wildman–Crippen LogP) is 3.66. The van der Waals surface area contributed by atoms with Gasteiger partial charge in [0.05, 0.1) is 17.8 Å². The maximum absolute atomic E-state index is 12.2. The molecule has 1 aliphatic rings. The lowest BCUT2D eigenvalue weighted by atomic mass is 10.1. The molecule has 0 spiro atoms. The van der Waals surface area contributed by atoms with Gasteiger partial charge in [-0.25, -0.2) is 10.4 Å². The molecule has 0 aliphatic carbocycles. The fraction of sp³-hybridized carbons (Fsp3) is 0.190. The zero-order valence-electron chi connectivity index (χ0n) is 15.3. The number of benzene rings is 2. The third kappa shape index (κ3) is 4.20. The van der Waals surface area contributed by atoms with Crippen LogP contribution in [-0.2, 0) is 11.2 Å². The molecule has 28 heavy (non-hydrogen) atoms. The Kier molecular flexibility index (Phi) is 5.34. The van der Waals surface area contributed by atoms with Crippen molar-refractivity contribution in [2.75, 3.05) is 13.2 Å². The number of thiazole rings is 1. The van der Waals surface area contributed by atoms with Crippen molar-refractivity contribution in [3.8, 4) is 22.8 Å². The van der Waals surface area contributed by atoms with Gasteiger partial charge in [-0.1, -0.05) is 30.3 Å². The van der Waals surface area contributed by atoms with Crippen LogP contribution in [0.25, 0.3) is 11.3 Å². The maximum Gasteiger partial charge on any atom is 0.246 e. The van der Waals surface area contributed by atoms with E-state index in [0.29, 0.717) is 24.7 Å². The summed E-state index contributed by atoms with van der Waals surface area (Å²) in [4.78, 5) is 16.8. The molecule has 4 rings (SSSR count). The third-order valence-corrected chi connectivity index (χ3v) is 5.09. The van der Waals surface area contributed by atoms with Crippen LogP contribution < -0.4 is 14.9 Å². The number of aromatic nitrogens is 1. The van der Waals surface area contributed by atoms with E-state index < -0.39 is 0 Å². The highest BCUT2D eigenvalue weighted by Crippen LogP contribution is 2.30. The quantitative estimate of drug-likeness (QED) is 0.530. The summed E-state index contributed by atoms with van der Waals surface area (Å²) < 4.78 is 11.1. The first-order valence-electron chi connectivity index (χ1n) is 8.92. The predicted molar refractivity (Wildman–Crippen MR) is 109 cm³/mol. The second kappa shape index (κ2) is 8.22. The van der Waals surface area contributed by atoms with E-state index in [0.717, 1.165) is 27.6 Å². The lowest BCUT2D eigenvalue weighted by molar-refractivity contribution is -0.120. The van der Waals surface area contributed by atoms with Gasteiger partial charge in [-0.15, -0.1) is 11.3 Å². The van der Waals surface area contributed by atoms with E-state index in [1.54, 1.807) is 0 Å². The Morgan fingerprint density at radius 1 is 1.14 bits per heavy atom. The van der Waals surface area contributed by atoms with Gasteiger partial charge in [-0.2, -0.15) is 5.10 Å². The molecule has 0 atom stereocenters. The zero-order valence-corrected chi connectivity index (χ0v) is 16.2. The number of amides is 1. The van der Waals surface area contributed by atoms with Gasteiger partial charge < -0.3 is 9.47 Å². The number of ether oxygens (including phenoxy) is 2. The van der Waals surface area contributed by atoms with E-state index >= 15 is 0 Å². The molecule has 7 heteroatoms. The maximum atomic E-state index is 12.2. The Hall–Kier alpha value is -3.19. The summed E-state index contributed by atoms with van der Waals surface area (Å²) >= 11 is 1.47. The van der Waals surface area contributed by atoms with Crippen LogP contribution in [0, 0.1) is 0 Å². The van der Waals surface area contributed by atoms with Crippen LogP contribution in [0.2, 0.25) is 0 Å². The number of hydrogen-bond acceptors (Lipinski definition) is 6. The number of carbonyl (C=O) groups excluding carboxylic acids is 1. The monoisotopic (exact) mass is 393 g/mol. The first kappa shape index (κ1) is 18.2. The van der Waals surface area contributed by atoms with Crippen LogP contribution in [-0.4, -0.2) is 29.8 Å². The molecule has 1 aromatic heterocycles. The average molecular weight is 393 g/mol. The molecule has 0 radical (unpaired) electrons. The van der Waals surface area contributed by atoms with Crippen LogP contribution >= 0.6 is 11.3 Å². The summed E-state index contributed by atoms with van der Waals surface area (Å²) in [6.45, 7) is 2.92. The summed E-state index contributed by atoms with van der Waals surface area (Å²) in [6.07, 6.45) is 0.190. The molecule has 2 heterocycles. The molecule has 0 fully saturated rings. The van der Waals surface area contributed by atoms with Gasteiger partial charge in [0.15, 0.2) is 11.5 Å². The minimum Gasteiger partial charge on any atom is -0.486 e. The molecule has 1 aliphatic heterocycles. The molecule has 0 saturated carbocycles. The molecule has 1 N–H and O–H groups in total. The Bertz CT molecular complexity index is 1010. The molecule has 6 nitrogen and oxygen atoms in total. The lowest BCUT2D eigenvalue weighted by Crippen LogP contribution is -2.21. The van der Waals surface area contributed by atoms with E-state index in [1.165, 1.54) is 11.3 Å². The smallest absolute Gasteiger partial charge is 0.246 e. The standard InChI is InChI=1S/C21H19N3O3S/c1-14(16-7-8-18-19(11-16)27-10-9-26-18)23-24-20(25)12-21-22-17(13-28-21)15-5-3-2-4-6-15/h2-8,11,13H,9-10,12H2,1H3,(H,24,25)/b23-14-. The molecule has 0 saturated heterocycles. The highest BCUT2D eigenvalue weighted by molar-refractivity contribution is 7.10. The topological polar surface area (TPSA) is 72.8 Å². The van der Waals surface area contributed by atoms with Crippen molar-refractivity contribution in [3.63, 3.8) is 0 Å². The van der Waals surface area contributed by atoms with Crippen LogP contribution in [0.3, 0.4) is 0 Å². The Morgan fingerprint density at radius 2 is 1.93 bits per heavy atom. The van der Waals surface area contributed by atoms with Gasteiger partial charge in [0.1, 0.15) is 18.2 Å². The molecule has 1 amide bonds. The molecule has 0 bridgehead atoms. The van der Waals surface area contributed by atoms with E-state index in [-0.39, 0.29) is 12.3 Å². The minimum atomic E-state index is -0.203. The number of fused-ring (bicyclic) bond motifs is 1. The fourth-order valence-electron chi connectivity index (χ4n) is 2.79. The first-order chi connectivity index (χ1) is 13.7. The minimum absolute atomic E-state index is 0.190. The van der Waals surface area contributed by atoms with E-state index in [2.05, 4.69) is 15.5 Å². The number of hydrazone groups is 1. The number of carbonyl (C=O) groups is 1. The van der Waals surface area contributed by atoms with E-state index in [9.17, 15) is 4.79 Å². The summed E-state index contributed by atoms with van der Waals surface area (Å²) in [7, 11) is 0. The molecule has 2 aromatic carbocycles. The summed E-state index contributed by atoms with van der Waals surface area (Å²) in [5.74, 6) is 1.22. The Balaban J connectivity index is 1.38. The van der Waals surface area contributed by atoms with Crippen molar-refractivity contribution in [2.45, 2.75) is 13.3 Å². The van der Waals surface area contributed by atoms with Gasteiger partial charge in [-0.05, 0) is 25.1 Å². The molecule has 3 aromatic rings. The van der Waals surface area contributed by atoms with Gasteiger partial charge in [0.2, 0.25) is 5.91 Å². The van der Waals surface area contributed by atoms with Crippen molar-refractivity contribution in [2.24, 2.45) is 5.10 Å². The van der Waals surface area contributed by atoms with Crippen LogP contribution in [0.1, 0.15) is 17.5 Å². The van der Waals surface area contributed by atoms with Crippen molar-refractivity contribution >= 4 is 23.0 Å². The first-order valence-corrected chi connectivity index (χ1v) is 9.80. The lowest BCUT2D eigenvalue weighted by Gasteiger charge is -2.18. The van der Waals surface area contributed by atoms with Crippen molar-refractivity contribution in [1.29, 1.82) is 0 Å². The number of nitrogens with zero attached hydrogens (tertiary/aromatic N) is 2. The number of nitrogens with one attached hydrogen (secondary N) is 1. The van der Waals surface area contributed by atoms with E-state index in [4.69, 9.17) is 9.47 Å². The highest BCUT2D eigenvalue weighted by atomic mass is 32.1. The van der Waals surface area contributed by atoms with E-state index in [1.807, 2.05) is 60.8 Å². The van der Waals surface area contributed by atoms with Gasteiger partial charge in [0.25, 0.3) is 0 Å².